The van der Waals surface area contributed by atoms with Crippen LogP contribution in [-0.4, -0.2) is 31.1 Å². The van der Waals surface area contributed by atoms with Crippen LogP contribution in [0.1, 0.15) is 15.9 Å². The van der Waals surface area contributed by atoms with Crippen LogP contribution in [0.15, 0.2) is 77.9 Å². The summed E-state index contributed by atoms with van der Waals surface area (Å²) in [6, 6.07) is 18.3. The van der Waals surface area contributed by atoms with Crippen molar-refractivity contribution >= 4 is 29.7 Å². The fraction of sp³-hybridized carbons (Fsp3) is 0.0435. The van der Waals surface area contributed by atoms with Crippen molar-refractivity contribution in [3.8, 4) is 11.5 Å². The minimum Gasteiger partial charge on any atom is -0.497 e. The number of anilines is 1. The molecule has 2 amide bonds. The lowest BCUT2D eigenvalue weighted by atomic mass is 10.2. The number of rotatable bonds is 6. The highest BCUT2D eigenvalue weighted by molar-refractivity contribution is 6.39. The summed E-state index contributed by atoms with van der Waals surface area (Å²) in [5.74, 6) is -2.37. The summed E-state index contributed by atoms with van der Waals surface area (Å²) in [6.07, 6.45) is 1.29. The highest BCUT2D eigenvalue weighted by atomic mass is 19.1. The number of ether oxygens (including phenoxy) is 2. The topological polar surface area (TPSA) is 106 Å². The zero-order valence-corrected chi connectivity index (χ0v) is 16.9. The maximum Gasteiger partial charge on any atom is 0.343 e. The maximum atomic E-state index is 13.5. The Morgan fingerprint density at radius 1 is 0.875 bits per heavy atom. The van der Waals surface area contributed by atoms with Crippen molar-refractivity contribution in [2.45, 2.75) is 0 Å². The fourth-order valence-corrected chi connectivity index (χ4v) is 2.47. The van der Waals surface area contributed by atoms with Crippen LogP contribution in [0.5, 0.6) is 11.5 Å². The van der Waals surface area contributed by atoms with Gasteiger partial charge in [0.25, 0.3) is 0 Å². The molecule has 0 heterocycles. The summed E-state index contributed by atoms with van der Waals surface area (Å²) in [5, 5.41) is 5.83. The number of para-hydroxylation sites is 1. The smallest absolute Gasteiger partial charge is 0.343 e. The van der Waals surface area contributed by atoms with E-state index in [4.69, 9.17) is 9.47 Å². The zero-order chi connectivity index (χ0) is 22.9. The Hall–Kier alpha value is -4.53. The van der Waals surface area contributed by atoms with E-state index in [0.717, 1.165) is 6.07 Å². The molecule has 0 unspecified atom stereocenters. The van der Waals surface area contributed by atoms with Crippen molar-refractivity contribution in [2.75, 3.05) is 12.4 Å². The van der Waals surface area contributed by atoms with Gasteiger partial charge in [0, 0.05) is 0 Å². The molecule has 0 aliphatic rings. The molecule has 0 bridgehead atoms. The molecule has 0 aliphatic carbocycles. The van der Waals surface area contributed by atoms with Crippen LogP contribution >= 0.6 is 0 Å². The highest BCUT2D eigenvalue weighted by Gasteiger charge is 2.14. The SMILES string of the molecule is COc1ccc(C(=O)Oc2ccc(/C=N/NC(=O)C(=O)Nc3ccccc3F)cc2)cc1. The lowest BCUT2D eigenvalue weighted by Gasteiger charge is -2.06. The van der Waals surface area contributed by atoms with Crippen LogP contribution in [0.4, 0.5) is 10.1 Å². The van der Waals surface area contributed by atoms with Gasteiger partial charge in [-0.05, 0) is 66.2 Å². The molecule has 0 atom stereocenters. The van der Waals surface area contributed by atoms with Crippen LogP contribution in [0.2, 0.25) is 0 Å². The Bertz CT molecular complexity index is 1150. The van der Waals surface area contributed by atoms with Gasteiger partial charge in [0.15, 0.2) is 0 Å². The van der Waals surface area contributed by atoms with Crippen molar-refractivity contribution in [1.29, 1.82) is 0 Å². The maximum absolute atomic E-state index is 13.5. The molecule has 0 aromatic heterocycles. The predicted octanol–water partition coefficient (Wildman–Crippen LogP) is 3.14. The van der Waals surface area contributed by atoms with Crippen LogP contribution in [-0.2, 0) is 9.59 Å². The molecule has 3 aromatic carbocycles. The average molecular weight is 435 g/mol. The van der Waals surface area contributed by atoms with Gasteiger partial charge in [0.05, 0.1) is 24.6 Å². The number of hydrogen-bond donors (Lipinski definition) is 2. The first-order valence-corrected chi connectivity index (χ1v) is 9.31. The third-order valence-corrected chi connectivity index (χ3v) is 4.12. The van der Waals surface area contributed by atoms with Crippen LogP contribution in [0.25, 0.3) is 0 Å². The normalized spacial score (nSPS) is 10.4. The van der Waals surface area contributed by atoms with Gasteiger partial charge in [-0.3, -0.25) is 9.59 Å². The second-order valence-corrected chi connectivity index (χ2v) is 6.32. The first kappa shape index (κ1) is 22.2. The Labute approximate surface area is 182 Å². The minimum absolute atomic E-state index is 0.114. The fourth-order valence-electron chi connectivity index (χ4n) is 2.47. The van der Waals surface area contributed by atoms with Crippen LogP contribution < -0.4 is 20.2 Å². The van der Waals surface area contributed by atoms with Gasteiger partial charge in [0.2, 0.25) is 0 Å². The number of nitrogens with zero attached hydrogens (tertiary/aromatic N) is 1. The zero-order valence-electron chi connectivity index (χ0n) is 16.9. The number of nitrogens with one attached hydrogen (secondary N) is 2. The predicted molar refractivity (Wildman–Crippen MR) is 115 cm³/mol. The van der Waals surface area contributed by atoms with Gasteiger partial charge in [-0.15, -0.1) is 0 Å². The molecule has 32 heavy (non-hydrogen) atoms. The molecule has 9 heteroatoms. The van der Waals surface area contributed by atoms with Crippen molar-refractivity contribution < 1.29 is 28.2 Å². The Balaban J connectivity index is 1.51. The van der Waals surface area contributed by atoms with Crippen molar-refractivity contribution in [1.82, 2.24) is 5.43 Å². The van der Waals surface area contributed by atoms with E-state index in [-0.39, 0.29) is 5.69 Å². The molecular formula is C23H18FN3O5. The Kier molecular flexibility index (Phi) is 7.26. The summed E-state index contributed by atoms with van der Waals surface area (Å²) in [6.45, 7) is 0. The second-order valence-electron chi connectivity index (χ2n) is 6.32. The lowest BCUT2D eigenvalue weighted by molar-refractivity contribution is -0.136. The molecule has 2 N–H and O–H groups in total. The summed E-state index contributed by atoms with van der Waals surface area (Å²) in [7, 11) is 1.53. The van der Waals surface area contributed by atoms with Crippen molar-refractivity contribution in [3.63, 3.8) is 0 Å². The number of carbonyl (C=O) groups excluding carboxylic acids is 3. The van der Waals surface area contributed by atoms with E-state index in [1.807, 2.05) is 5.43 Å². The summed E-state index contributed by atoms with van der Waals surface area (Å²) in [4.78, 5) is 35.7. The Morgan fingerprint density at radius 2 is 1.53 bits per heavy atom. The van der Waals surface area contributed by atoms with Crippen LogP contribution in [0, 0.1) is 5.82 Å². The third-order valence-electron chi connectivity index (χ3n) is 4.12. The molecule has 162 valence electrons. The molecule has 3 rings (SSSR count). The molecular weight excluding hydrogens is 417 g/mol. The van der Waals surface area contributed by atoms with Gasteiger partial charge in [-0.1, -0.05) is 12.1 Å². The molecule has 0 spiro atoms. The molecule has 0 aliphatic heterocycles. The highest BCUT2D eigenvalue weighted by Crippen LogP contribution is 2.16. The monoisotopic (exact) mass is 435 g/mol. The van der Waals surface area contributed by atoms with Gasteiger partial charge in [-0.2, -0.15) is 5.10 Å². The summed E-state index contributed by atoms with van der Waals surface area (Å²) >= 11 is 0. The first-order chi connectivity index (χ1) is 15.5. The third kappa shape index (κ3) is 5.99. The number of halogens is 1. The van der Waals surface area contributed by atoms with Gasteiger partial charge in [0.1, 0.15) is 17.3 Å². The van der Waals surface area contributed by atoms with E-state index in [2.05, 4.69) is 10.4 Å². The molecule has 0 saturated heterocycles. The Morgan fingerprint density at radius 3 is 2.19 bits per heavy atom. The summed E-state index contributed by atoms with van der Waals surface area (Å²) < 4.78 is 23.8. The van der Waals surface area contributed by atoms with E-state index < -0.39 is 23.6 Å². The van der Waals surface area contributed by atoms with Gasteiger partial charge < -0.3 is 14.8 Å². The second kappa shape index (κ2) is 10.5. The van der Waals surface area contributed by atoms with E-state index >= 15 is 0 Å². The van der Waals surface area contributed by atoms with Crippen molar-refractivity contribution in [3.05, 3.63) is 89.7 Å². The molecule has 0 radical (unpaired) electrons. The number of benzene rings is 3. The number of carbonyl (C=O) groups is 3. The molecule has 3 aromatic rings. The first-order valence-electron chi connectivity index (χ1n) is 9.31. The quantitative estimate of drug-likeness (QED) is 0.203. The minimum atomic E-state index is -1.06. The van der Waals surface area contributed by atoms with E-state index in [9.17, 15) is 18.8 Å². The molecule has 0 saturated carbocycles. The van der Waals surface area contributed by atoms with E-state index in [1.165, 1.54) is 31.5 Å². The average Bonchev–Trinajstić information content (AvgIpc) is 2.81. The number of amides is 2. The van der Waals surface area contributed by atoms with Gasteiger partial charge in [-0.25, -0.2) is 14.6 Å². The van der Waals surface area contributed by atoms with Crippen molar-refractivity contribution in [2.24, 2.45) is 5.10 Å². The number of hydrazone groups is 1. The largest absolute Gasteiger partial charge is 0.497 e. The van der Waals surface area contributed by atoms with E-state index in [0.29, 0.717) is 22.6 Å². The van der Waals surface area contributed by atoms with Crippen LogP contribution in [0.3, 0.4) is 0 Å². The number of methoxy groups -OCH3 is 1. The summed E-state index contributed by atoms with van der Waals surface area (Å²) in [5.41, 5.74) is 2.88. The lowest BCUT2D eigenvalue weighted by Crippen LogP contribution is -2.32. The van der Waals surface area contributed by atoms with E-state index in [1.54, 1.807) is 48.5 Å². The number of hydrogen-bond acceptors (Lipinski definition) is 6. The number of esters is 1. The molecule has 8 nitrogen and oxygen atoms in total. The molecule has 0 fully saturated rings. The standard InChI is InChI=1S/C23H18FN3O5/c1-31-17-12-8-16(9-13-17)23(30)32-18-10-6-15(7-11-18)14-25-27-22(29)21(28)26-20-5-3-2-4-19(20)24/h2-14H,1H3,(H,26,28)(H,27,29)/b25-14+. The van der Waals surface area contributed by atoms with Gasteiger partial charge >= 0.3 is 17.8 Å².